The number of carbonyl (C=O) groups excluding carboxylic acids is 1. The Morgan fingerprint density at radius 1 is 1.41 bits per heavy atom. The molecule has 0 aliphatic carbocycles. The van der Waals surface area contributed by atoms with Crippen LogP contribution in [0, 0.1) is 6.92 Å². The molecule has 0 aromatic carbocycles. The first kappa shape index (κ1) is 16.1. The van der Waals surface area contributed by atoms with Crippen molar-refractivity contribution >= 4 is 23.3 Å². The third-order valence-corrected chi connectivity index (χ3v) is 3.73. The van der Waals surface area contributed by atoms with E-state index in [9.17, 15) is 18.0 Å². The van der Waals surface area contributed by atoms with E-state index in [-0.39, 0.29) is 27.7 Å². The molecule has 0 saturated heterocycles. The number of hydrogen-bond acceptors (Lipinski definition) is 7. The van der Waals surface area contributed by atoms with Crippen LogP contribution in [0.2, 0.25) is 0 Å². The minimum Gasteiger partial charge on any atom is -0.462 e. The fourth-order valence-corrected chi connectivity index (χ4v) is 2.64. The van der Waals surface area contributed by atoms with E-state index in [1.165, 1.54) is 6.92 Å². The summed E-state index contributed by atoms with van der Waals surface area (Å²) in [5.74, 6) is -1.12. The molecule has 22 heavy (non-hydrogen) atoms. The lowest BCUT2D eigenvalue weighted by molar-refractivity contribution is -0.140. The number of hydrogen-bond donors (Lipinski definition) is 1. The number of esters is 1. The standard InChI is InChI=1S/C12H11F3N4O2S/c1-3-21-10(20)7-5(2)18-9(22-7)6-4-17-11(16)19-8(6)12(13,14)15/h4H,3H2,1-2H3,(H2,16,17,19). The monoisotopic (exact) mass is 332 g/mol. The van der Waals surface area contributed by atoms with Gasteiger partial charge in [-0.15, -0.1) is 11.3 Å². The second-order valence-corrected chi connectivity index (χ2v) is 5.14. The molecule has 2 aromatic heterocycles. The normalized spacial score (nSPS) is 11.5. The number of halogens is 3. The summed E-state index contributed by atoms with van der Waals surface area (Å²) in [6.07, 6.45) is -3.77. The quantitative estimate of drug-likeness (QED) is 0.869. The maximum absolute atomic E-state index is 13.0. The number of ether oxygens (including phenoxy) is 1. The van der Waals surface area contributed by atoms with E-state index in [2.05, 4.69) is 15.0 Å². The Balaban J connectivity index is 2.54. The predicted molar refractivity (Wildman–Crippen MR) is 73.2 cm³/mol. The number of rotatable bonds is 3. The van der Waals surface area contributed by atoms with Crippen molar-refractivity contribution in [1.82, 2.24) is 15.0 Å². The summed E-state index contributed by atoms with van der Waals surface area (Å²) in [7, 11) is 0. The van der Waals surface area contributed by atoms with Gasteiger partial charge in [-0.05, 0) is 13.8 Å². The highest BCUT2D eigenvalue weighted by Crippen LogP contribution is 2.37. The summed E-state index contributed by atoms with van der Waals surface area (Å²) < 4.78 is 44.0. The molecule has 2 rings (SSSR count). The highest BCUT2D eigenvalue weighted by molar-refractivity contribution is 7.17. The number of thiazole rings is 1. The number of nitrogens with zero attached hydrogens (tertiary/aromatic N) is 3. The summed E-state index contributed by atoms with van der Waals surface area (Å²) in [5.41, 5.74) is 3.97. The van der Waals surface area contributed by atoms with Gasteiger partial charge in [-0.2, -0.15) is 13.2 Å². The third kappa shape index (κ3) is 3.16. The molecule has 0 fully saturated rings. The molecule has 0 amide bonds. The van der Waals surface area contributed by atoms with Crippen LogP contribution in [0.25, 0.3) is 10.6 Å². The molecular formula is C12H11F3N4O2S. The number of anilines is 1. The first-order valence-corrected chi connectivity index (χ1v) is 6.90. The van der Waals surface area contributed by atoms with Crippen molar-refractivity contribution in [2.45, 2.75) is 20.0 Å². The van der Waals surface area contributed by atoms with Gasteiger partial charge in [-0.25, -0.2) is 19.7 Å². The molecule has 0 bridgehead atoms. The first-order chi connectivity index (χ1) is 10.2. The molecule has 0 spiro atoms. The molecule has 0 atom stereocenters. The fraction of sp³-hybridized carbons (Fsp3) is 0.333. The van der Waals surface area contributed by atoms with E-state index in [4.69, 9.17) is 10.5 Å². The summed E-state index contributed by atoms with van der Waals surface area (Å²) >= 11 is 0.790. The van der Waals surface area contributed by atoms with Crippen molar-refractivity contribution in [1.29, 1.82) is 0 Å². The lowest BCUT2D eigenvalue weighted by Crippen LogP contribution is -2.12. The number of aromatic nitrogens is 3. The van der Waals surface area contributed by atoms with Crippen LogP contribution in [-0.4, -0.2) is 27.5 Å². The van der Waals surface area contributed by atoms with Crippen molar-refractivity contribution < 1.29 is 22.7 Å². The van der Waals surface area contributed by atoms with Gasteiger partial charge in [-0.1, -0.05) is 0 Å². The first-order valence-electron chi connectivity index (χ1n) is 6.08. The molecule has 2 N–H and O–H groups in total. The Morgan fingerprint density at radius 2 is 2.09 bits per heavy atom. The smallest absolute Gasteiger partial charge is 0.434 e. The second kappa shape index (κ2) is 5.87. The molecule has 0 aliphatic heterocycles. The average molecular weight is 332 g/mol. The minimum atomic E-state index is -4.71. The van der Waals surface area contributed by atoms with Crippen molar-refractivity contribution in [3.63, 3.8) is 0 Å². The number of alkyl halides is 3. The Labute approximate surface area is 127 Å². The SMILES string of the molecule is CCOC(=O)c1sc(-c2cnc(N)nc2C(F)(F)F)nc1C. The largest absolute Gasteiger partial charge is 0.462 e. The van der Waals surface area contributed by atoms with E-state index >= 15 is 0 Å². The van der Waals surface area contributed by atoms with Gasteiger partial charge in [0.15, 0.2) is 5.69 Å². The fourth-order valence-electron chi connectivity index (χ4n) is 1.67. The van der Waals surface area contributed by atoms with Crippen LogP contribution in [0.5, 0.6) is 0 Å². The van der Waals surface area contributed by atoms with Crippen LogP contribution >= 0.6 is 11.3 Å². The Morgan fingerprint density at radius 3 is 2.68 bits per heavy atom. The van der Waals surface area contributed by atoms with Gasteiger partial charge in [-0.3, -0.25) is 0 Å². The number of nitrogen functional groups attached to an aromatic ring is 1. The van der Waals surface area contributed by atoms with Gasteiger partial charge >= 0.3 is 12.1 Å². The summed E-state index contributed by atoms with van der Waals surface area (Å²) in [6.45, 7) is 3.30. The molecule has 10 heteroatoms. The summed E-state index contributed by atoms with van der Waals surface area (Å²) in [5, 5.41) is -0.0205. The molecule has 0 aliphatic rings. The maximum Gasteiger partial charge on any atom is 0.434 e. The summed E-state index contributed by atoms with van der Waals surface area (Å²) in [4.78, 5) is 22.6. The Kier molecular flexibility index (Phi) is 4.31. The molecular weight excluding hydrogens is 321 g/mol. The van der Waals surface area contributed by atoms with E-state index in [1.54, 1.807) is 6.92 Å². The highest BCUT2D eigenvalue weighted by atomic mass is 32.1. The van der Waals surface area contributed by atoms with Gasteiger partial charge in [0.1, 0.15) is 9.88 Å². The molecule has 6 nitrogen and oxygen atoms in total. The predicted octanol–water partition coefficient (Wildman–Crippen LogP) is 2.69. The van der Waals surface area contributed by atoms with Gasteiger partial charge in [0.2, 0.25) is 5.95 Å². The molecule has 0 unspecified atom stereocenters. The molecule has 2 heterocycles. The van der Waals surface area contributed by atoms with Crippen molar-refractivity contribution in [3.05, 3.63) is 22.5 Å². The lowest BCUT2D eigenvalue weighted by atomic mass is 10.2. The van der Waals surface area contributed by atoms with Gasteiger partial charge in [0.05, 0.1) is 17.9 Å². The van der Waals surface area contributed by atoms with Crippen LogP contribution < -0.4 is 5.73 Å². The summed E-state index contributed by atoms with van der Waals surface area (Å²) in [6, 6.07) is 0. The molecule has 0 radical (unpaired) electrons. The second-order valence-electron chi connectivity index (χ2n) is 4.14. The maximum atomic E-state index is 13.0. The zero-order valence-electron chi connectivity index (χ0n) is 11.6. The number of aryl methyl sites for hydroxylation is 1. The van der Waals surface area contributed by atoms with Crippen LogP contribution in [-0.2, 0) is 10.9 Å². The Hall–Kier alpha value is -2.23. The number of nitrogens with two attached hydrogens (primary N) is 1. The molecule has 118 valence electrons. The van der Waals surface area contributed by atoms with Crippen molar-refractivity contribution in [3.8, 4) is 10.6 Å². The van der Waals surface area contributed by atoms with Crippen LogP contribution in [0.15, 0.2) is 6.20 Å². The van der Waals surface area contributed by atoms with Gasteiger partial charge in [0.25, 0.3) is 0 Å². The molecule has 2 aromatic rings. The van der Waals surface area contributed by atoms with Crippen LogP contribution in [0.4, 0.5) is 19.1 Å². The van der Waals surface area contributed by atoms with Crippen LogP contribution in [0.1, 0.15) is 28.0 Å². The zero-order valence-corrected chi connectivity index (χ0v) is 12.4. The average Bonchev–Trinajstić information content (AvgIpc) is 2.80. The van der Waals surface area contributed by atoms with E-state index < -0.39 is 23.8 Å². The van der Waals surface area contributed by atoms with Gasteiger partial charge < -0.3 is 10.5 Å². The number of carbonyl (C=O) groups is 1. The van der Waals surface area contributed by atoms with Crippen molar-refractivity contribution in [2.75, 3.05) is 12.3 Å². The lowest BCUT2D eigenvalue weighted by Gasteiger charge is -2.09. The van der Waals surface area contributed by atoms with Crippen molar-refractivity contribution in [2.24, 2.45) is 0 Å². The highest BCUT2D eigenvalue weighted by Gasteiger charge is 2.37. The minimum absolute atomic E-state index is 0.0205. The van der Waals surface area contributed by atoms with E-state index in [1.807, 2.05) is 0 Å². The molecule has 0 saturated carbocycles. The Bertz CT molecular complexity index is 715. The van der Waals surface area contributed by atoms with Gasteiger partial charge in [0, 0.05) is 6.20 Å². The van der Waals surface area contributed by atoms with E-state index in [0.29, 0.717) is 0 Å². The zero-order chi connectivity index (χ0) is 16.5. The third-order valence-electron chi connectivity index (χ3n) is 2.56. The topological polar surface area (TPSA) is 91.0 Å². The van der Waals surface area contributed by atoms with E-state index in [0.717, 1.165) is 17.5 Å². The van der Waals surface area contributed by atoms with Crippen LogP contribution in [0.3, 0.4) is 0 Å².